The number of hydrogen-bond donors (Lipinski definition) is 0. The van der Waals surface area contributed by atoms with Gasteiger partial charge in [0.2, 0.25) is 0 Å². The first-order valence-electron chi connectivity index (χ1n) is 6.08. The monoisotopic (exact) mass is 248 g/mol. The third-order valence-electron chi connectivity index (χ3n) is 3.23. The number of para-hydroxylation sites is 1. The molecule has 3 nitrogen and oxygen atoms in total. The molecule has 17 heavy (non-hydrogen) atoms. The number of aromatic nitrogens is 1. The van der Waals surface area contributed by atoms with Gasteiger partial charge in [0.05, 0.1) is 29.5 Å². The number of nitrogens with zero attached hydrogens (tertiary/aromatic N) is 2. The zero-order valence-corrected chi connectivity index (χ0v) is 10.7. The van der Waals surface area contributed by atoms with Crippen molar-refractivity contribution in [3.05, 3.63) is 24.3 Å². The topological polar surface area (TPSA) is 25.4 Å². The highest BCUT2D eigenvalue weighted by atomic mass is 32.1. The van der Waals surface area contributed by atoms with Crippen molar-refractivity contribution >= 4 is 26.7 Å². The van der Waals surface area contributed by atoms with Gasteiger partial charge < -0.3 is 9.64 Å². The first-order valence-corrected chi connectivity index (χ1v) is 6.90. The van der Waals surface area contributed by atoms with E-state index in [4.69, 9.17) is 9.72 Å². The number of thiazole rings is 1. The van der Waals surface area contributed by atoms with Crippen LogP contribution in [0.4, 0.5) is 5.13 Å². The molecule has 1 unspecified atom stereocenters. The lowest BCUT2D eigenvalue weighted by atomic mass is 10.2. The van der Waals surface area contributed by atoms with Crippen molar-refractivity contribution in [3.63, 3.8) is 0 Å². The largest absolute Gasteiger partial charge is 0.377 e. The van der Waals surface area contributed by atoms with Crippen molar-refractivity contribution in [2.45, 2.75) is 19.4 Å². The highest BCUT2D eigenvalue weighted by Gasteiger charge is 2.24. The van der Waals surface area contributed by atoms with E-state index in [1.165, 1.54) is 4.70 Å². The Morgan fingerprint density at radius 2 is 2.35 bits per heavy atom. The van der Waals surface area contributed by atoms with Gasteiger partial charge in [-0.3, -0.25) is 0 Å². The first kappa shape index (κ1) is 11.0. The molecule has 0 aliphatic carbocycles. The lowest BCUT2D eigenvalue weighted by molar-refractivity contribution is 0.0930. The quantitative estimate of drug-likeness (QED) is 0.817. The number of benzene rings is 1. The van der Waals surface area contributed by atoms with Crippen LogP contribution >= 0.6 is 11.3 Å². The lowest BCUT2D eigenvalue weighted by Gasteiger charge is -2.34. The highest BCUT2D eigenvalue weighted by molar-refractivity contribution is 7.22. The van der Waals surface area contributed by atoms with Crippen LogP contribution in [0.3, 0.4) is 0 Å². The maximum Gasteiger partial charge on any atom is 0.186 e. The van der Waals surface area contributed by atoms with Crippen molar-refractivity contribution in [2.75, 3.05) is 24.7 Å². The standard InChI is InChI=1S/C13H16N2OS/c1-2-10-9-16-8-7-15(10)13-14-11-5-3-4-6-12(11)17-13/h3-6,10H,2,7-9H2,1H3. The summed E-state index contributed by atoms with van der Waals surface area (Å²) in [5.41, 5.74) is 1.11. The van der Waals surface area contributed by atoms with Crippen molar-refractivity contribution in [1.82, 2.24) is 4.98 Å². The van der Waals surface area contributed by atoms with E-state index in [0.717, 1.165) is 36.8 Å². The van der Waals surface area contributed by atoms with Gasteiger partial charge in [-0.25, -0.2) is 4.98 Å². The molecule has 1 aromatic heterocycles. The number of ether oxygens (including phenoxy) is 1. The van der Waals surface area contributed by atoms with Gasteiger partial charge in [0.25, 0.3) is 0 Å². The summed E-state index contributed by atoms with van der Waals surface area (Å²) in [5.74, 6) is 0. The number of anilines is 1. The molecule has 0 spiro atoms. The summed E-state index contributed by atoms with van der Waals surface area (Å²) in [5, 5.41) is 1.14. The average Bonchev–Trinajstić information content (AvgIpc) is 2.82. The molecule has 1 fully saturated rings. The van der Waals surface area contributed by atoms with E-state index in [1.54, 1.807) is 11.3 Å². The van der Waals surface area contributed by atoms with E-state index in [0.29, 0.717) is 6.04 Å². The molecule has 0 N–H and O–H groups in total. The Morgan fingerprint density at radius 3 is 3.18 bits per heavy atom. The van der Waals surface area contributed by atoms with Gasteiger partial charge in [-0.15, -0.1) is 0 Å². The molecular formula is C13H16N2OS. The Hall–Kier alpha value is -1.13. The van der Waals surface area contributed by atoms with Crippen molar-refractivity contribution in [1.29, 1.82) is 0 Å². The zero-order chi connectivity index (χ0) is 11.7. The Morgan fingerprint density at radius 1 is 1.47 bits per heavy atom. The molecule has 0 amide bonds. The molecule has 0 saturated carbocycles. The second-order valence-corrected chi connectivity index (χ2v) is 5.30. The zero-order valence-electron chi connectivity index (χ0n) is 9.93. The second kappa shape index (κ2) is 4.63. The molecule has 2 aromatic rings. The molecule has 1 aliphatic heterocycles. The number of rotatable bonds is 2. The van der Waals surface area contributed by atoms with E-state index in [1.807, 2.05) is 6.07 Å². The van der Waals surface area contributed by atoms with E-state index in [2.05, 4.69) is 30.0 Å². The average molecular weight is 248 g/mol. The molecule has 1 atom stereocenters. The molecule has 90 valence electrons. The second-order valence-electron chi connectivity index (χ2n) is 4.29. The first-order chi connectivity index (χ1) is 8.38. The molecule has 1 aliphatic rings. The van der Waals surface area contributed by atoms with Crippen molar-refractivity contribution in [2.24, 2.45) is 0 Å². The minimum absolute atomic E-state index is 0.476. The Kier molecular flexibility index (Phi) is 2.99. The maximum atomic E-state index is 5.53. The Balaban J connectivity index is 1.96. The summed E-state index contributed by atoms with van der Waals surface area (Å²) in [6.45, 7) is 4.80. The lowest BCUT2D eigenvalue weighted by Crippen LogP contribution is -2.45. The minimum Gasteiger partial charge on any atom is -0.377 e. The van der Waals surface area contributed by atoms with Crippen LogP contribution in [0.25, 0.3) is 10.2 Å². The molecule has 3 rings (SSSR count). The van der Waals surface area contributed by atoms with Crippen LogP contribution in [0.15, 0.2) is 24.3 Å². The van der Waals surface area contributed by atoms with Crippen molar-refractivity contribution < 1.29 is 4.74 Å². The van der Waals surface area contributed by atoms with Crippen LogP contribution in [0, 0.1) is 0 Å². The van der Waals surface area contributed by atoms with Crippen molar-refractivity contribution in [3.8, 4) is 0 Å². The third kappa shape index (κ3) is 2.03. The predicted octanol–water partition coefficient (Wildman–Crippen LogP) is 2.91. The molecule has 4 heteroatoms. The van der Waals surface area contributed by atoms with Gasteiger partial charge in [-0.2, -0.15) is 0 Å². The summed E-state index contributed by atoms with van der Waals surface area (Å²) in [4.78, 5) is 7.12. The number of fused-ring (bicyclic) bond motifs is 1. The van der Waals surface area contributed by atoms with E-state index in [-0.39, 0.29) is 0 Å². The fourth-order valence-corrected chi connectivity index (χ4v) is 3.29. The molecule has 0 bridgehead atoms. The van der Waals surface area contributed by atoms with Gasteiger partial charge in [-0.1, -0.05) is 30.4 Å². The van der Waals surface area contributed by atoms with E-state index < -0.39 is 0 Å². The van der Waals surface area contributed by atoms with E-state index in [9.17, 15) is 0 Å². The molecule has 2 heterocycles. The van der Waals surface area contributed by atoms with Gasteiger partial charge in [0.15, 0.2) is 5.13 Å². The summed E-state index contributed by atoms with van der Waals surface area (Å²) in [6, 6.07) is 8.81. The highest BCUT2D eigenvalue weighted by Crippen LogP contribution is 2.31. The van der Waals surface area contributed by atoms with Crippen LogP contribution in [-0.4, -0.2) is 30.8 Å². The summed E-state index contributed by atoms with van der Waals surface area (Å²) < 4.78 is 6.80. The van der Waals surface area contributed by atoms with Gasteiger partial charge >= 0.3 is 0 Å². The smallest absolute Gasteiger partial charge is 0.186 e. The minimum atomic E-state index is 0.476. The van der Waals surface area contributed by atoms with Crippen LogP contribution in [0.1, 0.15) is 13.3 Å². The summed E-state index contributed by atoms with van der Waals surface area (Å²) in [7, 11) is 0. The number of hydrogen-bond acceptors (Lipinski definition) is 4. The van der Waals surface area contributed by atoms with Crippen LogP contribution < -0.4 is 4.90 Å². The Labute approximate surface area is 105 Å². The fourth-order valence-electron chi connectivity index (χ4n) is 2.23. The molecule has 1 saturated heterocycles. The van der Waals surface area contributed by atoms with Gasteiger partial charge in [-0.05, 0) is 18.6 Å². The number of morpholine rings is 1. The maximum absolute atomic E-state index is 5.53. The summed E-state index contributed by atoms with van der Waals surface area (Å²) >= 11 is 1.78. The van der Waals surface area contributed by atoms with Crippen LogP contribution in [-0.2, 0) is 4.74 Å². The summed E-state index contributed by atoms with van der Waals surface area (Å²) in [6.07, 6.45) is 1.11. The van der Waals surface area contributed by atoms with Gasteiger partial charge in [0, 0.05) is 6.54 Å². The third-order valence-corrected chi connectivity index (χ3v) is 4.30. The molecular weight excluding hydrogens is 232 g/mol. The molecule has 1 aromatic carbocycles. The SMILES string of the molecule is CCC1COCCN1c1nc2ccccc2s1. The van der Waals surface area contributed by atoms with Crippen LogP contribution in [0.2, 0.25) is 0 Å². The fraction of sp³-hybridized carbons (Fsp3) is 0.462. The Bertz CT molecular complexity index is 478. The normalized spacial score (nSPS) is 21.0. The van der Waals surface area contributed by atoms with E-state index >= 15 is 0 Å². The van der Waals surface area contributed by atoms with Crippen LogP contribution in [0.5, 0.6) is 0 Å². The molecule has 0 radical (unpaired) electrons. The van der Waals surface area contributed by atoms with Gasteiger partial charge in [0.1, 0.15) is 0 Å². The predicted molar refractivity (Wildman–Crippen MR) is 71.9 cm³/mol.